The zero-order chi connectivity index (χ0) is 19.6. The predicted molar refractivity (Wildman–Crippen MR) is 90.1 cm³/mol. The van der Waals surface area contributed by atoms with Crippen LogP contribution in [0, 0.1) is 10.1 Å². The Kier molecular flexibility index (Phi) is 5.58. The highest BCUT2D eigenvalue weighted by Crippen LogP contribution is 2.36. The third-order valence-corrected chi connectivity index (χ3v) is 3.67. The number of carboxylic acid groups (broad SMARTS) is 1. The fourth-order valence-corrected chi connectivity index (χ4v) is 2.71. The molecular weight excluding hydrogens is 398 g/mol. The molecule has 0 fully saturated rings. The average molecular weight is 406 g/mol. The van der Waals surface area contributed by atoms with Gasteiger partial charge in [0.2, 0.25) is 0 Å². The van der Waals surface area contributed by atoms with E-state index in [2.05, 4.69) is 0 Å². The quantitative estimate of drug-likeness (QED) is 0.313. The summed E-state index contributed by atoms with van der Waals surface area (Å²) in [7, 11) is 0. The fourth-order valence-electron chi connectivity index (χ4n) is 2.17. The molecule has 0 bridgehead atoms. The van der Waals surface area contributed by atoms with E-state index in [0.29, 0.717) is 6.07 Å². The van der Waals surface area contributed by atoms with E-state index in [0.717, 1.165) is 12.1 Å². The Bertz CT molecular complexity index is 906. The number of benzene rings is 2. The van der Waals surface area contributed by atoms with Gasteiger partial charge in [-0.1, -0.05) is 23.2 Å². The van der Waals surface area contributed by atoms with Gasteiger partial charge in [-0.15, -0.1) is 0 Å². The van der Waals surface area contributed by atoms with Gasteiger partial charge in [-0.3, -0.25) is 10.1 Å². The molecular formula is C16H8Cl2F3NO4. The summed E-state index contributed by atoms with van der Waals surface area (Å²) in [6, 6.07) is 5.70. The first-order valence-corrected chi connectivity index (χ1v) is 7.51. The van der Waals surface area contributed by atoms with Gasteiger partial charge >= 0.3 is 12.1 Å². The SMILES string of the molecule is O=C(O)/C(=C/c1cc(Cl)cc(Cl)c1)c1ccc(C(F)(F)F)cc1[N+](=O)[O-]. The van der Waals surface area contributed by atoms with Crippen LogP contribution in [0.15, 0.2) is 36.4 Å². The first-order valence-electron chi connectivity index (χ1n) is 6.76. The van der Waals surface area contributed by atoms with Crippen molar-refractivity contribution >= 4 is 46.5 Å². The van der Waals surface area contributed by atoms with Crippen LogP contribution in [0.3, 0.4) is 0 Å². The third kappa shape index (κ3) is 4.53. The zero-order valence-corrected chi connectivity index (χ0v) is 14.1. The van der Waals surface area contributed by atoms with Gasteiger partial charge in [0.15, 0.2) is 0 Å². The van der Waals surface area contributed by atoms with Gasteiger partial charge in [0.1, 0.15) is 0 Å². The first kappa shape index (κ1) is 19.7. The highest BCUT2D eigenvalue weighted by Gasteiger charge is 2.34. The standard InChI is InChI=1S/C16H8Cl2F3NO4/c17-10-3-8(4-11(18)7-10)5-13(15(23)24)12-2-1-9(16(19,20)21)6-14(12)22(25)26/h1-7H,(H,23,24)/b13-5+. The van der Waals surface area contributed by atoms with E-state index in [1.54, 1.807) is 0 Å². The van der Waals surface area contributed by atoms with E-state index in [4.69, 9.17) is 23.2 Å². The van der Waals surface area contributed by atoms with Crippen LogP contribution >= 0.6 is 23.2 Å². The second-order valence-electron chi connectivity index (χ2n) is 5.05. The van der Waals surface area contributed by atoms with Crippen LogP contribution in [0.5, 0.6) is 0 Å². The molecule has 0 amide bonds. The molecule has 0 atom stereocenters. The number of nitro benzene ring substituents is 1. The lowest BCUT2D eigenvalue weighted by molar-refractivity contribution is -0.385. The van der Waals surface area contributed by atoms with Crippen molar-refractivity contribution < 1.29 is 28.0 Å². The molecule has 0 saturated heterocycles. The molecule has 2 aromatic carbocycles. The second-order valence-corrected chi connectivity index (χ2v) is 5.93. The number of alkyl halides is 3. The molecule has 2 aromatic rings. The van der Waals surface area contributed by atoms with Crippen LogP contribution < -0.4 is 0 Å². The second kappa shape index (κ2) is 7.35. The van der Waals surface area contributed by atoms with Gasteiger partial charge < -0.3 is 5.11 Å². The van der Waals surface area contributed by atoms with E-state index in [1.165, 1.54) is 18.2 Å². The van der Waals surface area contributed by atoms with Crippen molar-refractivity contribution in [2.24, 2.45) is 0 Å². The van der Waals surface area contributed by atoms with Gasteiger partial charge in [0.25, 0.3) is 5.69 Å². The summed E-state index contributed by atoms with van der Waals surface area (Å²) in [6.45, 7) is 0. The van der Waals surface area contributed by atoms with E-state index >= 15 is 0 Å². The highest BCUT2D eigenvalue weighted by molar-refractivity contribution is 6.35. The van der Waals surface area contributed by atoms with Crippen molar-refractivity contribution in [3.8, 4) is 0 Å². The first-order chi connectivity index (χ1) is 12.0. The van der Waals surface area contributed by atoms with Gasteiger partial charge in [-0.05, 0) is 42.0 Å². The number of carbonyl (C=O) groups is 1. The van der Waals surface area contributed by atoms with E-state index in [9.17, 15) is 33.2 Å². The summed E-state index contributed by atoms with van der Waals surface area (Å²) < 4.78 is 38.3. The fraction of sp³-hybridized carbons (Fsp3) is 0.0625. The minimum atomic E-state index is -4.81. The van der Waals surface area contributed by atoms with Crippen LogP contribution in [0.4, 0.5) is 18.9 Å². The smallest absolute Gasteiger partial charge is 0.416 e. The molecule has 0 heterocycles. The van der Waals surface area contributed by atoms with Crippen molar-refractivity contribution in [2.45, 2.75) is 6.18 Å². The van der Waals surface area contributed by atoms with Gasteiger partial charge in [0, 0.05) is 16.1 Å². The number of nitro groups is 1. The van der Waals surface area contributed by atoms with Crippen LogP contribution in [-0.4, -0.2) is 16.0 Å². The minimum Gasteiger partial charge on any atom is -0.478 e. The molecule has 0 aromatic heterocycles. The third-order valence-electron chi connectivity index (χ3n) is 3.24. The summed E-state index contributed by atoms with van der Waals surface area (Å²) in [5, 5.41) is 20.9. The largest absolute Gasteiger partial charge is 0.478 e. The Morgan fingerprint density at radius 1 is 1.12 bits per heavy atom. The Morgan fingerprint density at radius 3 is 2.15 bits per heavy atom. The van der Waals surface area contributed by atoms with Crippen LogP contribution in [0.2, 0.25) is 10.0 Å². The summed E-state index contributed by atoms with van der Waals surface area (Å²) in [6.07, 6.45) is -3.77. The maximum absolute atomic E-state index is 12.8. The lowest BCUT2D eigenvalue weighted by atomic mass is 9.99. The van der Waals surface area contributed by atoms with Gasteiger partial charge in [-0.25, -0.2) is 4.79 Å². The maximum Gasteiger partial charge on any atom is 0.416 e. The summed E-state index contributed by atoms with van der Waals surface area (Å²) in [4.78, 5) is 21.6. The van der Waals surface area contributed by atoms with Crippen LogP contribution in [0.25, 0.3) is 11.6 Å². The average Bonchev–Trinajstić information content (AvgIpc) is 2.50. The predicted octanol–water partition coefficient (Wildman–Crippen LogP) is 5.55. The van der Waals surface area contributed by atoms with Crippen molar-refractivity contribution in [3.05, 3.63) is 73.2 Å². The van der Waals surface area contributed by atoms with Crippen molar-refractivity contribution in [3.63, 3.8) is 0 Å². The lowest BCUT2D eigenvalue weighted by Crippen LogP contribution is -2.08. The summed E-state index contributed by atoms with van der Waals surface area (Å²) in [5.74, 6) is -1.57. The Morgan fingerprint density at radius 2 is 1.69 bits per heavy atom. The molecule has 0 unspecified atom stereocenters. The molecule has 26 heavy (non-hydrogen) atoms. The Hall–Kier alpha value is -2.58. The van der Waals surface area contributed by atoms with E-state index in [-0.39, 0.29) is 21.7 Å². The number of aliphatic carboxylic acids is 1. The Balaban J connectivity index is 2.69. The van der Waals surface area contributed by atoms with Gasteiger partial charge in [-0.2, -0.15) is 13.2 Å². The molecule has 0 aliphatic heterocycles. The molecule has 5 nitrogen and oxygen atoms in total. The zero-order valence-electron chi connectivity index (χ0n) is 12.6. The normalized spacial score (nSPS) is 12.1. The minimum absolute atomic E-state index is 0.190. The number of rotatable bonds is 4. The topological polar surface area (TPSA) is 80.4 Å². The van der Waals surface area contributed by atoms with Crippen molar-refractivity contribution in [2.75, 3.05) is 0 Å². The highest BCUT2D eigenvalue weighted by atomic mass is 35.5. The number of halogens is 5. The van der Waals surface area contributed by atoms with E-state index < -0.39 is 39.5 Å². The number of hydrogen-bond acceptors (Lipinski definition) is 3. The summed E-state index contributed by atoms with van der Waals surface area (Å²) >= 11 is 11.6. The molecule has 0 aliphatic carbocycles. The molecule has 1 N–H and O–H groups in total. The van der Waals surface area contributed by atoms with Crippen molar-refractivity contribution in [1.29, 1.82) is 0 Å². The summed E-state index contributed by atoms with van der Waals surface area (Å²) in [5.41, 5.74) is -3.09. The van der Waals surface area contributed by atoms with Crippen LogP contribution in [0.1, 0.15) is 16.7 Å². The molecule has 10 heteroatoms. The van der Waals surface area contributed by atoms with Crippen molar-refractivity contribution in [1.82, 2.24) is 0 Å². The lowest BCUT2D eigenvalue weighted by Gasteiger charge is -2.10. The molecule has 0 spiro atoms. The monoisotopic (exact) mass is 405 g/mol. The molecule has 0 saturated carbocycles. The van der Waals surface area contributed by atoms with E-state index in [1.807, 2.05) is 0 Å². The Labute approximate surface area is 154 Å². The molecule has 136 valence electrons. The number of nitrogens with zero attached hydrogens (tertiary/aromatic N) is 1. The number of carboxylic acids is 1. The molecule has 2 rings (SSSR count). The molecule has 0 aliphatic rings. The maximum atomic E-state index is 12.8. The molecule has 0 radical (unpaired) electrons. The number of hydrogen-bond donors (Lipinski definition) is 1. The van der Waals surface area contributed by atoms with Crippen LogP contribution in [-0.2, 0) is 11.0 Å². The van der Waals surface area contributed by atoms with Gasteiger partial charge in [0.05, 0.1) is 21.6 Å².